The van der Waals surface area contributed by atoms with E-state index >= 15 is 0 Å². The van der Waals surface area contributed by atoms with E-state index in [1.54, 1.807) is 6.20 Å². The molecule has 0 fully saturated rings. The molecule has 0 unspecified atom stereocenters. The van der Waals surface area contributed by atoms with Gasteiger partial charge in [0.25, 0.3) is 5.89 Å². The standard InChI is InChI=1S/C16H16N4O/c17-9-8-12-4-6-13(7-5-12)16-19-15(20-21-16)11-14-3-1-2-10-18-14/h1-7,10H,8-9,11,17H2. The Hall–Kier alpha value is -2.53. The van der Waals surface area contributed by atoms with E-state index in [2.05, 4.69) is 15.1 Å². The van der Waals surface area contributed by atoms with Gasteiger partial charge in [-0.05, 0) is 42.8 Å². The summed E-state index contributed by atoms with van der Waals surface area (Å²) >= 11 is 0. The van der Waals surface area contributed by atoms with Crippen LogP contribution in [-0.2, 0) is 12.8 Å². The van der Waals surface area contributed by atoms with Crippen LogP contribution in [0.4, 0.5) is 0 Å². The van der Waals surface area contributed by atoms with Gasteiger partial charge in [-0.25, -0.2) is 0 Å². The van der Waals surface area contributed by atoms with Crippen molar-refractivity contribution in [1.82, 2.24) is 15.1 Å². The van der Waals surface area contributed by atoms with Gasteiger partial charge in [-0.1, -0.05) is 23.4 Å². The minimum absolute atomic E-state index is 0.528. The molecule has 0 amide bonds. The van der Waals surface area contributed by atoms with Crippen molar-refractivity contribution < 1.29 is 4.52 Å². The SMILES string of the molecule is NCCc1ccc(-c2nc(Cc3ccccn3)no2)cc1. The lowest BCUT2D eigenvalue weighted by Gasteiger charge is -1.99. The molecule has 0 saturated heterocycles. The van der Waals surface area contributed by atoms with E-state index in [0.29, 0.717) is 24.7 Å². The Balaban J connectivity index is 1.75. The fraction of sp³-hybridized carbons (Fsp3) is 0.188. The van der Waals surface area contributed by atoms with Crippen LogP contribution in [0, 0.1) is 0 Å². The number of nitrogens with zero attached hydrogens (tertiary/aromatic N) is 3. The molecular formula is C16H16N4O. The van der Waals surface area contributed by atoms with Crippen LogP contribution >= 0.6 is 0 Å². The monoisotopic (exact) mass is 280 g/mol. The molecule has 3 aromatic rings. The lowest BCUT2D eigenvalue weighted by Crippen LogP contribution is -2.02. The third kappa shape index (κ3) is 3.32. The number of aromatic nitrogens is 3. The zero-order chi connectivity index (χ0) is 14.5. The third-order valence-corrected chi connectivity index (χ3v) is 3.17. The van der Waals surface area contributed by atoms with Gasteiger partial charge in [0.05, 0.1) is 6.42 Å². The van der Waals surface area contributed by atoms with Crippen LogP contribution in [0.1, 0.15) is 17.1 Å². The molecule has 0 radical (unpaired) electrons. The van der Waals surface area contributed by atoms with Gasteiger partial charge < -0.3 is 10.3 Å². The van der Waals surface area contributed by atoms with Crippen LogP contribution in [0.15, 0.2) is 53.2 Å². The van der Waals surface area contributed by atoms with Crippen LogP contribution < -0.4 is 5.73 Å². The van der Waals surface area contributed by atoms with E-state index in [4.69, 9.17) is 10.3 Å². The number of benzene rings is 1. The van der Waals surface area contributed by atoms with Crippen molar-refractivity contribution >= 4 is 0 Å². The number of pyridine rings is 1. The van der Waals surface area contributed by atoms with E-state index in [-0.39, 0.29) is 0 Å². The minimum atomic E-state index is 0.528. The Morgan fingerprint density at radius 2 is 1.90 bits per heavy atom. The van der Waals surface area contributed by atoms with Crippen molar-refractivity contribution in [3.63, 3.8) is 0 Å². The Labute approximate surface area is 122 Å². The second-order valence-electron chi connectivity index (χ2n) is 4.75. The lowest BCUT2D eigenvalue weighted by molar-refractivity contribution is 0.423. The molecule has 5 heteroatoms. The maximum atomic E-state index is 5.54. The maximum absolute atomic E-state index is 5.54. The van der Waals surface area contributed by atoms with Crippen LogP contribution in [0.3, 0.4) is 0 Å². The molecule has 106 valence electrons. The molecule has 2 heterocycles. The van der Waals surface area contributed by atoms with Crippen molar-refractivity contribution in [2.75, 3.05) is 6.54 Å². The first-order valence-electron chi connectivity index (χ1n) is 6.87. The molecule has 0 aliphatic heterocycles. The predicted octanol–water partition coefficient (Wildman–Crippen LogP) is 2.22. The average molecular weight is 280 g/mol. The zero-order valence-electron chi connectivity index (χ0n) is 11.6. The number of nitrogens with two attached hydrogens (primary N) is 1. The summed E-state index contributed by atoms with van der Waals surface area (Å²) in [7, 11) is 0. The van der Waals surface area contributed by atoms with Gasteiger partial charge in [-0.15, -0.1) is 0 Å². The first-order chi connectivity index (χ1) is 10.3. The van der Waals surface area contributed by atoms with Crippen LogP contribution in [0.5, 0.6) is 0 Å². The largest absolute Gasteiger partial charge is 0.334 e. The summed E-state index contributed by atoms with van der Waals surface area (Å²) in [6.07, 6.45) is 3.19. The number of hydrogen-bond acceptors (Lipinski definition) is 5. The highest BCUT2D eigenvalue weighted by atomic mass is 16.5. The molecular weight excluding hydrogens is 264 g/mol. The molecule has 2 aromatic heterocycles. The Kier molecular flexibility index (Phi) is 4.02. The van der Waals surface area contributed by atoms with E-state index in [1.165, 1.54) is 5.56 Å². The lowest BCUT2D eigenvalue weighted by atomic mass is 10.1. The van der Waals surface area contributed by atoms with E-state index in [9.17, 15) is 0 Å². The zero-order valence-corrected chi connectivity index (χ0v) is 11.6. The molecule has 21 heavy (non-hydrogen) atoms. The molecule has 0 spiro atoms. The van der Waals surface area contributed by atoms with Crippen LogP contribution in [0.2, 0.25) is 0 Å². The quantitative estimate of drug-likeness (QED) is 0.775. The summed E-state index contributed by atoms with van der Waals surface area (Å²) in [5, 5.41) is 4.00. The van der Waals surface area contributed by atoms with E-state index in [1.807, 2.05) is 42.5 Å². The minimum Gasteiger partial charge on any atom is -0.334 e. The summed E-state index contributed by atoms with van der Waals surface area (Å²) in [6.45, 7) is 0.647. The highest BCUT2D eigenvalue weighted by Gasteiger charge is 2.09. The van der Waals surface area contributed by atoms with Gasteiger partial charge >= 0.3 is 0 Å². The van der Waals surface area contributed by atoms with Crippen molar-refractivity contribution in [3.05, 3.63) is 65.7 Å². The van der Waals surface area contributed by atoms with Crippen LogP contribution in [0.25, 0.3) is 11.5 Å². The first kappa shape index (κ1) is 13.5. The molecule has 3 rings (SSSR count). The summed E-state index contributed by atoms with van der Waals surface area (Å²) in [5.74, 6) is 1.16. The third-order valence-electron chi connectivity index (χ3n) is 3.17. The summed E-state index contributed by atoms with van der Waals surface area (Å²) in [5.41, 5.74) is 8.57. The average Bonchev–Trinajstić information content (AvgIpc) is 2.98. The second kappa shape index (κ2) is 6.28. The highest BCUT2D eigenvalue weighted by Crippen LogP contribution is 2.18. The van der Waals surface area contributed by atoms with Crippen molar-refractivity contribution in [3.8, 4) is 11.5 Å². The summed E-state index contributed by atoms with van der Waals surface area (Å²) in [4.78, 5) is 8.66. The van der Waals surface area contributed by atoms with Gasteiger partial charge in [0.15, 0.2) is 5.82 Å². The molecule has 0 saturated carbocycles. The van der Waals surface area contributed by atoms with Gasteiger partial charge in [0.1, 0.15) is 0 Å². The fourth-order valence-corrected chi connectivity index (χ4v) is 2.09. The number of rotatable bonds is 5. The van der Waals surface area contributed by atoms with Crippen molar-refractivity contribution in [2.24, 2.45) is 5.73 Å². The molecule has 2 N–H and O–H groups in total. The fourth-order valence-electron chi connectivity index (χ4n) is 2.09. The molecule has 0 atom stereocenters. The highest BCUT2D eigenvalue weighted by molar-refractivity contribution is 5.53. The Morgan fingerprint density at radius 1 is 1.05 bits per heavy atom. The smallest absolute Gasteiger partial charge is 0.257 e. The van der Waals surface area contributed by atoms with Crippen molar-refractivity contribution in [2.45, 2.75) is 12.8 Å². The van der Waals surface area contributed by atoms with Crippen LogP contribution in [-0.4, -0.2) is 21.7 Å². The topological polar surface area (TPSA) is 77.8 Å². The normalized spacial score (nSPS) is 10.7. The summed E-state index contributed by atoms with van der Waals surface area (Å²) < 4.78 is 5.31. The van der Waals surface area contributed by atoms with Gasteiger partial charge in [-0.2, -0.15) is 4.98 Å². The molecule has 1 aromatic carbocycles. The van der Waals surface area contributed by atoms with E-state index < -0.39 is 0 Å². The Morgan fingerprint density at radius 3 is 2.62 bits per heavy atom. The predicted molar refractivity (Wildman–Crippen MR) is 79.5 cm³/mol. The van der Waals surface area contributed by atoms with Gasteiger partial charge in [-0.3, -0.25) is 4.98 Å². The van der Waals surface area contributed by atoms with Gasteiger partial charge in [0, 0.05) is 17.5 Å². The molecule has 0 aliphatic rings. The Bertz CT molecular complexity index is 692. The molecule has 0 bridgehead atoms. The van der Waals surface area contributed by atoms with Crippen molar-refractivity contribution in [1.29, 1.82) is 0 Å². The summed E-state index contributed by atoms with van der Waals surface area (Å²) in [6, 6.07) is 13.8. The van der Waals surface area contributed by atoms with E-state index in [0.717, 1.165) is 17.7 Å². The first-order valence-corrected chi connectivity index (χ1v) is 6.87. The molecule has 0 aliphatic carbocycles. The molecule has 5 nitrogen and oxygen atoms in total. The second-order valence-corrected chi connectivity index (χ2v) is 4.75. The maximum Gasteiger partial charge on any atom is 0.257 e. The van der Waals surface area contributed by atoms with Gasteiger partial charge in [0.2, 0.25) is 0 Å². The number of hydrogen-bond donors (Lipinski definition) is 1.